The fourth-order valence-electron chi connectivity index (χ4n) is 3.04. The number of anilines is 1. The summed E-state index contributed by atoms with van der Waals surface area (Å²) in [4.78, 5) is 13.7. The molecule has 4 rings (SSSR count). The molecule has 6 nitrogen and oxygen atoms in total. The maximum absolute atomic E-state index is 4.62. The van der Waals surface area contributed by atoms with Crippen LogP contribution in [0.15, 0.2) is 83.5 Å². The van der Waals surface area contributed by atoms with Crippen molar-refractivity contribution in [2.45, 2.75) is 12.0 Å². The topological polar surface area (TPSA) is 66.6 Å². The Hall–Kier alpha value is -3.15. The molecule has 0 amide bonds. The summed E-state index contributed by atoms with van der Waals surface area (Å²) < 4.78 is 0. The van der Waals surface area contributed by atoms with Crippen LogP contribution in [-0.4, -0.2) is 21.5 Å². The first-order valence-electron chi connectivity index (χ1n) is 7.83. The number of hydrogen-bond acceptors (Lipinski definition) is 6. The molecule has 1 aliphatic rings. The first-order chi connectivity index (χ1) is 11.9. The minimum absolute atomic E-state index is 0.608. The Morgan fingerprint density at radius 3 is 1.92 bits per heavy atom. The van der Waals surface area contributed by atoms with E-state index in [1.165, 1.54) is 0 Å². The minimum Gasteiger partial charge on any atom is -0.258 e. The molecule has 0 atom stereocenters. The van der Waals surface area contributed by atoms with E-state index >= 15 is 0 Å². The van der Waals surface area contributed by atoms with Crippen LogP contribution >= 0.6 is 0 Å². The average molecular weight is 316 g/mol. The summed E-state index contributed by atoms with van der Waals surface area (Å²) in [6.45, 7) is 0.608. The van der Waals surface area contributed by atoms with Crippen molar-refractivity contribution in [2.75, 3.05) is 11.6 Å². The van der Waals surface area contributed by atoms with Gasteiger partial charge >= 0.3 is 0 Å². The Kier molecular flexibility index (Phi) is 3.70. The predicted octanol–water partition coefficient (Wildman–Crippen LogP) is 3.39. The molecule has 1 aliphatic heterocycles. The lowest BCUT2D eigenvalue weighted by molar-refractivity contribution is 0.381. The highest BCUT2D eigenvalue weighted by atomic mass is 15.6. The summed E-state index contributed by atoms with van der Waals surface area (Å²) in [6, 6.07) is 17.5. The summed E-state index contributed by atoms with van der Waals surface area (Å²) in [5.41, 5.74) is 1.14. The van der Waals surface area contributed by atoms with Crippen molar-refractivity contribution >= 4 is 5.82 Å². The highest BCUT2D eigenvalue weighted by molar-refractivity contribution is 5.49. The highest BCUT2D eigenvalue weighted by Gasteiger charge is 2.46. The monoisotopic (exact) mass is 316 g/mol. The lowest BCUT2D eigenvalue weighted by Crippen LogP contribution is -2.48. The number of nitrogens with zero attached hydrogens (tertiary/aromatic N) is 6. The fourth-order valence-corrected chi connectivity index (χ4v) is 3.04. The van der Waals surface area contributed by atoms with Crippen molar-refractivity contribution in [1.82, 2.24) is 15.0 Å². The van der Waals surface area contributed by atoms with E-state index in [0.29, 0.717) is 6.54 Å². The molecule has 24 heavy (non-hydrogen) atoms. The van der Waals surface area contributed by atoms with Crippen molar-refractivity contribution < 1.29 is 0 Å². The van der Waals surface area contributed by atoms with Crippen LogP contribution < -0.4 is 5.01 Å². The number of rotatable bonds is 3. The van der Waals surface area contributed by atoms with Crippen molar-refractivity contribution in [2.24, 2.45) is 10.3 Å². The van der Waals surface area contributed by atoms with Crippen LogP contribution in [0.25, 0.3) is 0 Å². The first kappa shape index (κ1) is 14.4. The third-order valence-electron chi connectivity index (χ3n) is 4.13. The molecule has 0 saturated heterocycles. The van der Waals surface area contributed by atoms with Gasteiger partial charge in [0.05, 0.1) is 17.9 Å². The molecular formula is C18H16N6. The van der Waals surface area contributed by atoms with Gasteiger partial charge in [0.25, 0.3) is 0 Å². The van der Waals surface area contributed by atoms with Crippen LogP contribution in [0.3, 0.4) is 0 Å². The first-order valence-corrected chi connectivity index (χ1v) is 7.83. The largest absolute Gasteiger partial charge is 0.258 e. The van der Waals surface area contributed by atoms with Gasteiger partial charge in [-0.15, -0.1) is 0 Å². The van der Waals surface area contributed by atoms with Gasteiger partial charge in [-0.2, -0.15) is 5.11 Å². The van der Waals surface area contributed by atoms with Crippen LogP contribution in [0.2, 0.25) is 0 Å². The Bertz CT molecular complexity index is 780. The molecule has 0 aliphatic carbocycles. The number of pyridine rings is 3. The maximum Gasteiger partial charge on any atom is 0.152 e. The summed E-state index contributed by atoms with van der Waals surface area (Å²) in [7, 11) is 0. The SMILES string of the molecule is c1ccc(N2N=NCCC2(c2ccccn2)c2ccccn2)nc1. The zero-order valence-corrected chi connectivity index (χ0v) is 13.0. The molecule has 0 saturated carbocycles. The van der Waals surface area contributed by atoms with E-state index in [1.54, 1.807) is 18.6 Å². The quantitative estimate of drug-likeness (QED) is 0.743. The van der Waals surface area contributed by atoms with E-state index in [-0.39, 0.29) is 0 Å². The lowest BCUT2D eigenvalue weighted by atomic mass is 9.85. The van der Waals surface area contributed by atoms with Gasteiger partial charge in [-0.25, -0.2) is 9.99 Å². The number of aromatic nitrogens is 3. The van der Waals surface area contributed by atoms with Crippen LogP contribution in [0.1, 0.15) is 17.8 Å². The van der Waals surface area contributed by atoms with Crippen LogP contribution in [0, 0.1) is 0 Å². The molecule has 0 unspecified atom stereocenters. The Morgan fingerprint density at radius 1 is 0.750 bits per heavy atom. The van der Waals surface area contributed by atoms with Gasteiger partial charge in [0.15, 0.2) is 11.4 Å². The summed E-state index contributed by atoms with van der Waals surface area (Å²) in [5.74, 6) is 0.720. The second kappa shape index (κ2) is 6.16. The normalized spacial score (nSPS) is 16.1. The van der Waals surface area contributed by atoms with Crippen molar-refractivity contribution in [1.29, 1.82) is 0 Å². The average Bonchev–Trinajstić information content (AvgIpc) is 2.70. The standard InChI is InChI=1S/C18H16N6/c1-4-11-19-15(7-1)18(16-8-2-5-12-20-16)10-14-22-23-24(18)17-9-3-6-13-21-17/h1-9,11-13H,10,14H2. The van der Waals surface area contributed by atoms with Crippen LogP contribution in [-0.2, 0) is 5.54 Å². The third kappa shape index (κ3) is 2.32. The Labute approximate surface area is 139 Å². The van der Waals surface area contributed by atoms with Gasteiger partial charge in [0, 0.05) is 25.0 Å². The lowest BCUT2D eigenvalue weighted by Gasteiger charge is -2.41. The van der Waals surface area contributed by atoms with Crippen molar-refractivity contribution in [3.63, 3.8) is 0 Å². The fraction of sp³-hybridized carbons (Fsp3) is 0.167. The maximum atomic E-state index is 4.62. The molecule has 118 valence electrons. The molecule has 6 heteroatoms. The molecule has 0 radical (unpaired) electrons. The van der Waals surface area contributed by atoms with E-state index in [0.717, 1.165) is 23.6 Å². The second-order valence-corrected chi connectivity index (χ2v) is 5.49. The van der Waals surface area contributed by atoms with Gasteiger partial charge < -0.3 is 0 Å². The van der Waals surface area contributed by atoms with E-state index in [2.05, 4.69) is 25.3 Å². The summed E-state index contributed by atoms with van der Waals surface area (Å²) in [5, 5.41) is 10.5. The number of hydrogen-bond donors (Lipinski definition) is 0. The van der Waals surface area contributed by atoms with Gasteiger partial charge in [-0.05, 0) is 36.4 Å². The van der Waals surface area contributed by atoms with Crippen molar-refractivity contribution in [3.8, 4) is 0 Å². The highest BCUT2D eigenvalue weighted by Crippen LogP contribution is 2.41. The Balaban J connectivity index is 1.97. The van der Waals surface area contributed by atoms with E-state index < -0.39 is 5.54 Å². The predicted molar refractivity (Wildman–Crippen MR) is 90.3 cm³/mol. The molecular weight excluding hydrogens is 300 g/mol. The molecule has 0 spiro atoms. The minimum atomic E-state index is -0.626. The van der Waals surface area contributed by atoms with Gasteiger partial charge in [-0.3, -0.25) is 9.97 Å². The van der Waals surface area contributed by atoms with E-state index in [9.17, 15) is 0 Å². The molecule has 0 aromatic carbocycles. The van der Waals surface area contributed by atoms with Gasteiger partial charge in [0.2, 0.25) is 0 Å². The molecule has 4 heterocycles. The van der Waals surface area contributed by atoms with E-state index in [4.69, 9.17) is 0 Å². The van der Waals surface area contributed by atoms with Crippen LogP contribution in [0.4, 0.5) is 5.82 Å². The zero-order valence-electron chi connectivity index (χ0n) is 13.0. The molecule has 0 N–H and O–H groups in total. The summed E-state index contributed by atoms with van der Waals surface area (Å²) in [6.07, 6.45) is 6.06. The third-order valence-corrected chi connectivity index (χ3v) is 4.13. The van der Waals surface area contributed by atoms with Crippen molar-refractivity contribution in [3.05, 3.63) is 84.6 Å². The molecule has 3 aromatic rings. The zero-order chi connectivity index (χ0) is 16.2. The van der Waals surface area contributed by atoms with E-state index in [1.807, 2.05) is 59.6 Å². The summed E-state index contributed by atoms with van der Waals surface area (Å²) >= 11 is 0. The molecule has 3 aromatic heterocycles. The molecule has 0 fully saturated rings. The van der Waals surface area contributed by atoms with Crippen LogP contribution in [0.5, 0.6) is 0 Å². The smallest absolute Gasteiger partial charge is 0.152 e. The van der Waals surface area contributed by atoms with Gasteiger partial charge in [-0.1, -0.05) is 23.4 Å². The molecule has 0 bridgehead atoms. The van der Waals surface area contributed by atoms with Gasteiger partial charge in [0.1, 0.15) is 0 Å². The second-order valence-electron chi connectivity index (χ2n) is 5.49. The Morgan fingerprint density at radius 2 is 1.38 bits per heavy atom.